The van der Waals surface area contributed by atoms with Gasteiger partial charge in [-0.3, -0.25) is 0 Å². The van der Waals surface area contributed by atoms with Crippen LogP contribution in [0.4, 0.5) is 13.2 Å². The van der Waals surface area contributed by atoms with Crippen molar-refractivity contribution < 1.29 is 17.9 Å². The highest BCUT2D eigenvalue weighted by Gasteiger charge is 2.21. The molecule has 1 aliphatic rings. The summed E-state index contributed by atoms with van der Waals surface area (Å²) in [5.41, 5.74) is 1.07. The maximum absolute atomic E-state index is 14.5. The Bertz CT molecular complexity index is 721. The molecule has 0 heterocycles. The van der Waals surface area contributed by atoms with Gasteiger partial charge in [0, 0.05) is 5.56 Å². The Balaban J connectivity index is 1.93. The summed E-state index contributed by atoms with van der Waals surface area (Å²) >= 11 is 0. The molecule has 0 amide bonds. The van der Waals surface area contributed by atoms with Gasteiger partial charge in [0.05, 0.1) is 6.61 Å². The van der Waals surface area contributed by atoms with Gasteiger partial charge in [-0.25, -0.2) is 8.78 Å². The number of hydrogen-bond donors (Lipinski definition) is 0. The molecule has 0 aliphatic heterocycles. The monoisotopic (exact) mass is 334 g/mol. The van der Waals surface area contributed by atoms with E-state index in [0.717, 1.165) is 25.7 Å². The Labute approximate surface area is 140 Å². The maximum Gasteiger partial charge on any atom is 0.201 e. The van der Waals surface area contributed by atoms with Crippen molar-refractivity contribution in [2.75, 3.05) is 6.61 Å². The van der Waals surface area contributed by atoms with Crippen LogP contribution in [-0.4, -0.2) is 6.61 Å². The number of hydrogen-bond acceptors (Lipinski definition) is 1. The minimum atomic E-state index is -1.04. The van der Waals surface area contributed by atoms with Gasteiger partial charge in [0.2, 0.25) is 5.82 Å². The molecule has 4 heteroatoms. The van der Waals surface area contributed by atoms with Gasteiger partial charge in [0.1, 0.15) is 5.82 Å². The van der Waals surface area contributed by atoms with Crippen LogP contribution in [0.15, 0.2) is 30.3 Å². The molecular formula is C20H21F3O. The second-order valence-corrected chi connectivity index (χ2v) is 6.24. The van der Waals surface area contributed by atoms with E-state index in [0.29, 0.717) is 11.1 Å². The molecule has 0 N–H and O–H groups in total. The van der Waals surface area contributed by atoms with Crippen LogP contribution in [-0.2, 0) is 0 Å². The zero-order chi connectivity index (χ0) is 17.1. The molecule has 2 aromatic rings. The van der Waals surface area contributed by atoms with E-state index in [1.54, 1.807) is 19.1 Å². The van der Waals surface area contributed by atoms with Gasteiger partial charge in [-0.15, -0.1) is 0 Å². The van der Waals surface area contributed by atoms with Crippen LogP contribution in [0.3, 0.4) is 0 Å². The molecule has 0 aromatic heterocycles. The molecule has 2 aromatic carbocycles. The van der Waals surface area contributed by atoms with E-state index in [4.69, 9.17) is 4.74 Å². The van der Waals surface area contributed by atoms with Gasteiger partial charge < -0.3 is 4.74 Å². The van der Waals surface area contributed by atoms with Crippen LogP contribution < -0.4 is 4.74 Å². The molecule has 0 unspecified atom stereocenters. The Morgan fingerprint density at radius 1 is 0.958 bits per heavy atom. The summed E-state index contributed by atoms with van der Waals surface area (Å²) in [5.74, 6) is -2.28. The second kappa shape index (κ2) is 7.29. The number of rotatable bonds is 4. The van der Waals surface area contributed by atoms with Crippen LogP contribution in [0.25, 0.3) is 11.1 Å². The summed E-state index contributed by atoms with van der Waals surface area (Å²) in [6.45, 7) is 1.95. The summed E-state index contributed by atoms with van der Waals surface area (Å²) in [4.78, 5) is 0. The van der Waals surface area contributed by atoms with Crippen LogP contribution in [0.5, 0.6) is 5.75 Å². The van der Waals surface area contributed by atoms with Gasteiger partial charge in [-0.2, -0.15) is 4.39 Å². The third-order valence-corrected chi connectivity index (χ3v) is 4.70. The van der Waals surface area contributed by atoms with Gasteiger partial charge in [0.15, 0.2) is 11.6 Å². The molecule has 0 saturated heterocycles. The first kappa shape index (κ1) is 16.9. The first-order chi connectivity index (χ1) is 11.6. The lowest BCUT2D eigenvalue weighted by Gasteiger charge is -2.22. The number of halogens is 3. The van der Waals surface area contributed by atoms with E-state index in [-0.39, 0.29) is 29.7 Å². The third kappa shape index (κ3) is 3.28. The smallest absolute Gasteiger partial charge is 0.201 e. The molecule has 0 radical (unpaired) electrons. The van der Waals surface area contributed by atoms with Crippen molar-refractivity contribution in [3.8, 4) is 16.9 Å². The third-order valence-electron chi connectivity index (χ3n) is 4.70. The summed E-state index contributed by atoms with van der Waals surface area (Å²) < 4.78 is 47.8. The van der Waals surface area contributed by atoms with E-state index in [2.05, 4.69) is 0 Å². The van der Waals surface area contributed by atoms with E-state index in [1.165, 1.54) is 24.6 Å². The van der Waals surface area contributed by atoms with Crippen LogP contribution in [0.1, 0.15) is 50.5 Å². The second-order valence-electron chi connectivity index (χ2n) is 6.24. The molecular weight excluding hydrogens is 313 g/mol. The quantitative estimate of drug-likeness (QED) is 0.645. The minimum absolute atomic E-state index is 0.0463. The van der Waals surface area contributed by atoms with Crippen molar-refractivity contribution in [3.05, 3.63) is 53.3 Å². The molecule has 0 atom stereocenters. The molecule has 128 valence electrons. The fourth-order valence-electron chi connectivity index (χ4n) is 3.46. The molecule has 3 rings (SSSR count). The Morgan fingerprint density at radius 2 is 1.71 bits per heavy atom. The van der Waals surface area contributed by atoms with E-state index < -0.39 is 11.6 Å². The summed E-state index contributed by atoms with van der Waals surface area (Å²) in [5, 5.41) is 0. The number of ether oxygens (including phenoxy) is 1. The average Bonchev–Trinajstić information content (AvgIpc) is 2.60. The van der Waals surface area contributed by atoms with Crippen LogP contribution >= 0.6 is 0 Å². The highest BCUT2D eigenvalue weighted by molar-refractivity contribution is 5.66. The standard InChI is InChI=1S/C20H21F3O/c1-2-24-18-11-10-16(19(22)20(18)23)14-8-9-15(17(21)12-14)13-6-4-3-5-7-13/h8-13H,2-7H2,1H3. The zero-order valence-corrected chi connectivity index (χ0v) is 13.7. The Kier molecular flexibility index (Phi) is 5.12. The van der Waals surface area contributed by atoms with Gasteiger partial charge in [-0.1, -0.05) is 31.4 Å². The molecule has 1 fully saturated rings. The lowest BCUT2D eigenvalue weighted by atomic mass is 9.83. The van der Waals surface area contributed by atoms with E-state index >= 15 is 0 Å². The van der Waals surface area contributed by atoms with Crippen molar-refractivity contribution in [2.24, 2.45) is 0 Å². The fraction of sp³-hybridized carbons (Fsp3) is 0.400. The largest absolute Gasteiger partial charge is 0.491 e. The SMILES string of the molecule is CCOc1ccc(-c2ccc(C3CCCCC3)c(F)c2)c(F)c1F. The predicted molar refractivity (Wildman–Crippen MR) is 88.7 cm³/mol. The molecule has 1 aliphatic carbocycles. The normalized spacial score (nSPS) is 15.5. The van der Waals surface area contributed by atoms with Gasteiger partial charge >= 0.3 is 0 Å². The van der Waals surface area contributed by atoms with E-state index in [9.17, 15) is 13.2 Å². The van der Waals surface area contributed by atoms with E-state index in [1.807, 2.05) is 0 Å². The molecule has 1 nitrogen and oxygen atoms in total. The highest BCUT2D eigenvalue weighted by atomic mass is 19.2. The van der Waals surface area contributed by atoms with Crippen molar-refractivity contribution in [2.45, 2.75) is 44.9 Å². The lowest BCUT2D eigenvalue weighted by molar-refractivity contribution is 0.314. The number of benzene rings is 2. The minimum Gasteiger partial charge on any atom is -0.491 e. The summed E-state index contributed by atoms with van der Waals surface area (Å²) in [6.07, 6.45) is 5.41. The van der Waals surface area contributed by atoms with Crippen molar-refractivity contribution in [3.63, 3.8) is 0 Å². The molecule has 24 heavy (non-hydrogen) atoms. The molecule has 1 saturated carbocycles. The topological polar surface area (TPSA) is 9.23 Å². The van der Waals surface area contributed by atoms with Crippen molar-refractivity contribution >= 4 is 0 Å². The first-order valence-corrected chi connectivity index (χ1v) is 8.52. The van der Waals surface area contributed by atoms with Gasteiger partial charge in [0.25, 0.3) is 0 Å². The van der Waals surface area contributed by atoms with Crippen molar-refractivity contribution in [1.82, 2.24) is 0 Å². The Hall–Kier alpha value is -1.97. The van der Waals surface area contributed by atoms with Crippen LogP contribution in [0.2, 0.25) is 0 Å². The predicted octanol–water partition coefficient (Wildman–Crippen LogP) is 6.22. The summed E-state index contributed by atoms with van der Waals surface area (Å²) in [7, 11) is 0. The first-order valence-electron chi connectivity index (χ1n) is 8.52. The molecule has 0 spiro atoms. The van der Waals surface area contributed by atoms with Gasteiger partial charge in [-0.05, 0) is 55.0 Å². The highest BCUT2D eigenvalue weighted by Crippen LogP contribution is 2.36. The average molecular weight is 334 g/mol. The Morgan fingerprint density at radius 3 is 2.38 bits per heavy atom. The van der Waals surface area contributed by atoms with Crippen molar-refractivity contribution in [1.29, 1.82) is 0 Å². The zero-order valence-electron chi connectivity index (χ0n) is 13.7. The lowest BCUT2D eigenvalue weighted by Crippen LogP contribution is -2.06. The maximum atomic E-state index is 14.5. The summed E-state index contributed by atoms with van der Waals surface area (Å²) in [6, 6.07) is 7.50. The molecule has 0 bridgehead atoms. The fourth-order valence-corrected chi connectivity index (χ4v) is 3.46. The van der Waals surface area contributed by atoms with Crippen LogP contribution in [0, 0.1) is 17.5 Å².